The Balaban J connectivity index is 1.49. The lowest BCUT2D eigenvalue weighted by Crippen LogP contribution is -1.97. The minimum Gasteiger partial charge on any atom is -0.309 e. The van der Waals surface area contributed by atoms with Crippen LogP contribution in [0, 0.1) is 0 Å². The van der Waals surface area contributed by atoms with Crippen molar-refractivity contribution in [2.45, 2.75) is 0 Å². The van der Waals surface area contributed by atoms with E-state index in [-0.39, 0.29) is 0 Å². The highest BCUT2D eigenvalue weighted by molar-refractivity contribution is 6.30. The Labute approximate surface area is 230 Å². The van der Waals surface area contributed by atoms with Crippen molar-refractivity contribution in [2.75, 3.05) is 0 Å². The Morgan fingerprint density at radius 2 is 1.12 bits per heavy atom. The molecular weight excluding hydrogens is 486 g/mol. The summed E-state index contributed by atoms with van der Waals surface area (Å²) in [5.74, 6) is 0.921. The summed E-state index contributed by atoms with van der Waals surface area (Å²) in [6.07, 6.45) is 1.92. The van der Waals surface area contributed by atoms with Gasteiger partial charge in [-0.2, -0.15) is 0 Å². The van der Waals surface area contributed by atoms with E-state index in [9.17, 15) is 0 Å². The summed E-state index contributed by atoms with van der Waals surface area (Å²) in [6, 6.07) is 47.9. The third-order valence-corrected chi connectivity index (χ3v) is 8.32. The van der Waals surface area contributed by atoms with Crippen LogP contribution in [0.15, 0.2) is 140 Å². The van der Waals surface area contributed by atoms with Crippen molar-refractivity contribution >= 4 is 59.9 Å². The fraction of sp³-hybridized carbons (Fsp3) is 0. The molecule has 0 fully saturated rings. The van der Waals surface area contributed by atoms with Crippen molar-refractivity contribution in [1.29, 1.82) is 0 Å². The summed E-state index contributed by atoms with van der Waals surface area (Å²) in [5.41, 5.74) is 8.35. The zero-order chi connectivity index (χ0) is 26.2. The molecule has 9 rings (SSSR count). The van der Waals surface area contributed by atoms with E-state index in [1.54, 1.807) is 0 Å². The summed E-state index contributed by atoms with van der Waals surface area (Å²) in [6.45, 7) is 0. The number of hydrogen-bond donors (Lipinski definition) is 0. The van der Waals surface area contributed by atoms with Crippen LogP contribution in [0.5, 0.6) is 0 Å². The van der Waals surface area contributed by atoms with Gasteiger partial charge in [0.2, 0.25) is 0 Å². The van der Waals surface area contributed by atoms with Crippen LogP contribution in [0.2, 0.25) is 0 Å². The summed E-state index contributed by atoms with van der Waals surface area (Å²) >= 11 is 0. The first-order valence-corrected chi connectivity index (χ1v) is 13.7. The zero-order valence-electron chi connectivity index (χ0n) is 21.6. The van der Waals surface area contributed by atoms with E-state index in [2.05, 4.69) is 142 Å². The third kappa shape index (κ3) is 2.86. The second-order valence-electron chi connectivity index (χ2n) is 10.4. The molecule has 0 saturated carbocycles. The van der Waals surface area contributed by atoms with Crippen molar-refractivity contribution in [3.63, 3.8) is 0 Å². The summed E-state index contributed by atoms with van der Waals surface area (Å²) in [4.78, 5) is 4.89. The number of hydrogen-bond acceptors (Lipinski definition) is 1. The van der Waals surface area contributed by atoms with Crippen LogP contribution < -0.4 is 0 Å². The van der Waals surface area contributed by atoms with Gasteiger partial charge >= 0.3 is 0 Å². The topological polar surface area (TPSA) is 22.2 Å². The minimum atomic E-state index is 0.921. The van der Waals surface area contributed by atoms with Crippen molar-refractivity contribution in [3.8, 4) is 16.9 Å². The lowest BCUT2D eigenvalue weighted by atomic mass is 10.00. The summed E-state index contributed by atoms with van der Waals surface area (Å²) < 4.78 is 4.76. The molecule has 4 aromatic heterocycles. The van der Waals surface area contributed by atoms with E-state index in [0.29, 0.717) is 0 Å². The Morgan fingerprint density at radius 1 is 0.425 bits per heavy atom. The van der Waals surface area contributed by atoms with Crippen LogP contribution in [0.4, 0.5) is 0 Å². The number of rotatable bonds is 2. The maximum absolute atomic E-state index is 4.89. The molecule has 3 nitrogen and oxygen atoms in total. The van der Waals surface area contributed by atoms with Crippen LogP contribution in [0.3, 0.4) is 0 Å². The maximum Gasteiger partial charge on any atom is 0.138 e. The second-order valence-corrected chi connectivity index (χ2v) is 10.4. The molecule has 0 saturated heterocycles. The molecule has 0 spiro atoms. The van der Waals surface area contributed by atoms with Gasteiger partial charge in [-0.3, -0.25) is 4.57 Å². The van der Waals surface area contributed by atoms with Crippen molar-refractivity contribution in [2.24, 2.45) is 0 Å². The van der Waals surface area contributed by atoms with Crippen LogP contribution in [0.1, 0.15) is 0 Å². The van der Waals surface area contributed by atoms with Gasteiger partial charge < -0.3 is 4.40 Å². The molecule has 9 aromatic rings. The Morgan fingerprint density at radius 3 is 2.00 bits per heavy atom. The van der Waals surface area contributed by atoms with Gasteiger partial charge in [0, 0.05) is 33.1 Å². The van der Waals surface area contributed by atoms with Crippen molar-refractivity contribution in [3.05, 3.63) is 140 Å². The van der Waals surface area contributed by atoms with E-state index < -0.39 is 0 Å². The molecule has 0 amide bonds. The van der Waals surface area contributed by atoms with Crippen LogP contribution in [0.25, 0.3) is 76.8 Å². The third-order valence-electron chi connectivity index (χ3n) is 8.32. The van der Waals surface area contributed by atoms with Crippen LogP contribution in [-0.2, 0) is 0 Å². The number of aromatic nitrogens is 3. The van der Waals surface area contributed by atoms with Gasteiger partial charge in [0.05, 0.1) is 27.6 Å². The SMILES string of the molecule is c1ccc(-c2ccnc(-n3c4ccccc4c4c5c(ccc43)c3ccccc3n3c4ccccc4cc53)c2)cc1. The van der Waals surface area contributed by atoms with Gasteiger partial charge in [0.1, 0.15) is 5.82 Å². The van der Waals surface area contributed by atoms with Gasteiger partial charge in [-0.25, -0.2) is 4.98 Å². The van der Waals surface area contributed by atoms with Crippen LogP contribution in [-0.4, -0.2) is 14.0 Å². The molecule has 0 aliphatic heterocycles. The number of pyridine rings is 2. The summed E-state index contributed by atoms with van der Waals surface area (Å²) in [7, 11) is 0. The van der Waals surface area contributed by atoms with Gasteiger partial charge in [-0.1, -0.05) is 91.0 Å². The number of para-hydroxylation sites is 3. The molecule has 0 N–H and O–H groups in total. The van der Waals surface area contributed by atoms with E-state index >= 15 is 0 Å². The molecule has 40 heavy (non-hydrogen) atoms. The number of benzene rings is 5. The number of nitrogens with zero attached hydrogens (tertiary/aromatic N) is 3. The predicted octanol–water partition coefficient (Wildman–Crippen LogP) is 9.56. The molecule has 186 valence electrons. The van der Waals surface area contributed by atoms with E-state index in [0.717, 1.165) is 22.4 Å². The quantitative estimate of drug-likeness (QED) is 0.213. The predicted molar refractivity (Wildman–Crippen MR) is 167 cm³/mol. The highest BCUT2D eigenvalue weighted by atomic mass is 15.1. The largest absolute Gasteiger partial charge is 0.309 e. The Kier molecular flexibility index (Phi) is 4.33. The highest BCUT2D eigenvalue weighted by Gasteiger charge is 2.20. The first kappa shape index (κ1) is 21.5. The van der Waals surface area contributed by atoms with Crippen LogP contribution >= 0.6 is 0 Å². The fourth-order valence-electron chi connectivity index (χ4n) is 6.64. The monoisotopic (exact) mass is 509 g/mol. The minimum absolute atomic E-state index is 0.921. The lowest BCUT2D eigenvalue weighted by molar-refractivity contribution is 1.08. The first-order chi connectivity index (χ1) is 19.9. The standard InChI is InChI=1S/C37H23N3/c1-2-10-24(11-3-1)25-20-21-38-35(23-25)40-32-17-9-6-14-29(32)37-33(40)19-18-28-27-13-5-8-16-31(27)39-30-15-7-4-12-26(30)22-34(39)36(28)37/h1-23H. The molecule has 0 aliphatic rings. The molecule has 0 bridgehead atoms. The van der Waals surface area contributed by atoms with Gasteiger partial charge in [-0.05, 0) is 59.0 Å². The molecule has 5 aromatic carbocycles. The van der Waals surface area contributed by atoms with E-state index in [1.165, 1.54) is 54.4 Å². The molecule has 3 heteroatoms. The van der Waals surface area contributed by atoms with E-state index in [1.807, 2.05) is 6.20 Å². The van der Waals surface area contributed by atoms with Crippen molar-refractivity contribution in [1.82, 2.24) is 14.0 Å². The smallest absolute Gasteiger partial charge is 0.138 e. The Bertz CT molecular complexity index is 2430. The lowest BCUT2D eigenvalue weighted by Gasteiger charge is -2.12. The number of fused-ring (bicyclic) bond motifs is 12. The molecule has 0 atom stereocenters. The van der Waals surface area contributed by atoms with E-state index in [4.69, 9.17) is 4.98 Å². The second kappa shape index (κ2) is 8.05. The molecule has 0 unspecified atom stereocenters. The Hall–Kier alpha value is -5.41. The normalized spacial score (nSPS) is 12.0. The van der Waals surface area contributed by atoms with Gasteiger partial charge in [0.15, 0.2) is 0 Å². The average molecular weight is 510 g/mol. The highest BCUT2D eigenvalue weighted by Crippen LogP contribution is 2.42. The molecule has 0 radical (unpaired) electrons. The van der Waals surface area contributed by atoms with Crippen molar-refractivity contribution < 1.29 is 0 Å². The average Bonchev–Trinajstić information content (AvgIpc) is 3.58. The summed E-state index contributed by atoms with van der Waals surface area (Å²) in [5, 5.41) is 7.55. The van der Waals surface area contributed by atoms with Gasteiger partial charge in [0.25, 0.3) is 0 Å². The fourth-order valence-corrected chi connectivity index (χ4v) is 6.64. The zero-order valence-corrected chi connectivity index (χ0v) is 21.6. The molecular formula is C37H23N3. The first-order valence-electron chi connectivity index (χ1n) is 13.7. The maximum atomic E-state index is 4.89. The molecule has 0 aliphatic carbocycles. The van der Waals surface area contributed by atoms with Gasteiger partial charge in [-0.15, -0.1) is 0 Å². The molecule has 4 heterocycles.